The van der Waals surface area contributed by atoms with Crippen LogP contribution in [-0.4, -0.2) is 65.9 Å². The first kappa shape index (κ1) is 36.0. The van der Waals surface area contributed by atoms with E-state index in [0.717, 1.165) is 5.56 Å². The number of esters is 1. The zero-order valence-corrected chi connectivity index (χ0v) is 30.3. The summed E-state index contributed by atoms with van der Waals surface area (Å²) in [5.74, 6) is -0.534. The molecule has 2 aromatic carbocycles. The second-order valence-corrected chi connectivity index (χ2v) is 24.2. The van der Waals surface area contributed by atoms with Gasteiger partial charge in [-0.25, -0.2) is 9.59 Å². The van der Waals surface area contributed by atoms with Crippen LogP contribution in [0.25, 0.3) is 0 Å². The van der Waals surface area contributed by atoms with Crippen LogP contribution >= 0.6 is 0 Å². The van der Waals surface area contributed by atoms with E-state index in [-0.39, 0.29) is 16.7 Å². The van der Waals surface area contributed by atoms with E-state index in [9.17, 15) is 9.59 Å². The summed E-state index contributed by atoms with van der Waals surface area (Å²) < 4.78 is 37.7. The predicted molar refractivity (Wildman–Crippen MR) is 177 cm³/mol. The molecule has 1 fully saturated rings. The zero-order valence-electron chi connectivity index (χ0n) is 28.3. The summed E-state index contributed by atoms with van der Waals surface area (Å²) >= 11 is 0. The molecule has 0 aromatic heterocycles. The molecule has 0 N–H and O–H groups in total. The third kappa shape index (κ3) is 9.26. The van der Waals surface area contributed by atoms with E-state index < -0.39 is 59.3 Å². The van der Waals surface area contributed by atoms with Crippen molar-refractivity contribution < 1.29 is 37.4 Å². The van der Waals surface area contributed by atoms with Crippen LogP contribution in [0, 0.1) is 0 Å². The summed E-state index contributed by atoms with van der Waals surface area (Å²) in [7, 11) is -4.76. The molecule has 0 radical (unpaired) electrons. The number of ether oxygens (including phenoxy) is 4. The highest BCUT2D eigenvalue weighted by molar-refractivity contribution is 6.74. The third-order valence-electron chi connectivity index (χ3n) is 9.22. The fraction of sp³-hybridized carbons (Fsp3) is 0.588. The first-order chi connectivity index (χ1) is 20.3. The average Bonchev–Trinajstić information content (AvgIpc) is 2.94. The first-order valence-corrected chi connectivity index (χ1v) is 21.2. The molecule has 0 unspecified atom stereocenters. The number of benzene rings is 2. The molecule has 2 aromatic rings. The Bertz CT molecular complexity index is 1220. The Morgan fingerprint density at radius 3 is 1.89 bits per heavy atom. The summed E-state index contributed by atoms with van der Waals surface area (Å²) in [5, 5.41) is -0.252. The lowest BCUT2D eigenvalue weighted by atomic mass is 9.98. The van der Waals surface area contributed by atoms with E-state index in [1.165, 1.54) is 0 Å². The smallest absolute Gasteiger partial charge is 0.452 e. The number of carbonyl (C=O) groups excluding carboxylic acids is 2. The summed E-state index contributed by atoms with van der Waals surface area (Å²) in [6.07, 6.45) is -4.95. The molecule has 3 rings (SSSR count). The second kappa shape index (κ2) is 14.3. The number of rotatable bonds is 12. The fourth-order valence-corrected chi connectivity index (χ4v) is 6.57. The molecule has 44 heavy (non-hydrogen) atoms. The zero-order chi connectivity index (χ0) is 32.9. The van der Waals surface area contributed by atoms with Gasteiger partial charge in [0.05, 0.1) is 24.9 Å². The van der Waals surface area contributed by atoms with Crippen molar-refractivity contribution in [2.24, 2.45) is 0 Å². The minimum atomic E-state index is -2.47. The van der Waals surface area contributed by atoms with Gasteiger partial charge in [0.1, 0.15) is 6.10 Å². The summed E-state index contributed by atoms with van der Waals surface area (Å²) in [4.78, 5) is 26.5. The van der Waals surface area contributed by atoms with Crippen LogP contribution in [0.15, 0.2) is 60.7 Å². The molecule has 0 bridgehead atoms. The van der Waals surface area contributed by atoms with Gasteiger partial charge in [-0.05, 0) is 60.9 Å². The molecule has 0 spiro atoms. The van der Waals surface area contributed by atoms with Crippen LogP contribution in [0.4, 0.5) is 4.79 Å². The Hall–Kier alpha value is -2.51. The van der Waals surface area contributed by atoms with E-state index in [4.69, 9.17) is 27.8 Å². The molecule has 0 amide bonds. The van der Waals surface area contributed by atoms with Crippen molar-refractivity contribution in [2.75, 3.05) is 6.61 Å². The molecular formula is C34H52O8Si2. The molecule has 5 atom stereocenters. The van der Waals surface area contributed by atoms with E-state index >= 15 is 0 Å². The van der Waals surface area contributed by atoms with E-state index in [2.05, 4.69) is 67.7 Å². The van der Waals surface area contributed by atoms with Gasteiger partial charge < -0.3 is 27.8 Å². The summed E-state index contributed by atoms with van der Waals surface area (Å²) in [5.41, 5.74) is 1.38. The lowest BCUT2D eigenvalue weighted by molar-refractivity contribution is -0.195. The van der Waals surface area contributed by atoms with Crippen molar-refractivity contribution in [3.05, 3.63) is 71.8 Å². The first-order valence-electron chi connectivity index (χ1n) is 15.4. The highest BCUT2D eigenvalue weighted by Gasteiger charge is 2.53. The normalized spacial score (nSPS) is 21.2. The van der Waals surface area contributed by atoms with E-state index in [1.54, 1.807) is 24.3 Å². The lowest BCUT2D eigenvalue weighted by Crippen LogP contribution is -2.63. The van der Waals surface area contributed by atoms with Crippen molar-refractivity contribution in [3.8, 4) is 0 Å². The highest BCUT2D eigenvalue weighted by atomic mass is 28.4. The Balaban J connectivity index is 2.02. The Labute approximate surface area is 266 Å². The predicted octanol–water partition coefficient (Wildman–Crippen LogP) is 8.13. The van der Waals surface area contributed by atoms with Gasteiger partial charge in [0.25, 0.3) is 0 Å². The molecule has 1 heterocycles. The van der Waals surface area contributed by atoms with Crippen LogP contribution in [0.3, 0.4) is 0 Å². The maximum absolute atomic E-state index is 13.4. The molecule has 0 aliphatic carbocycles. The maximum Gasteiger partial charge on any atom is 0.509 e. The van der Waals surface area contributed by atoms with Crippen molar-refractivity contribution in [1.82, 2.24) is 0 Å². The Morgan fingerprint density at radius 1 is 0.818 bits per heavy atom. The lowest BCUT2D eigenvalue weighted by Gasteiger charge is -2.47. The molecular weight excluding hydrogens is 593 g/mol. The Kier molecular flexibility index (Phi) is 11.7. The van der Waals surface area contributed by atoms with Crippen molar-refractivity contribution in [3.63, 3.8) is 0 Å². The summed E-state index contributed by atoms with van der Waals surface area (Å²) in [6.45, 7) is 23.6. The number of hydrogen-bond acceptors (Lipinski definition) is 8. The number of carbonyl (C=O) groups is 2. The maximum atomic E-state index is 13.4. The SMILES string of the molecule is C[C@@H](OCc1ccccc1)[C@H]1OC(=O)O[C@H]([C@H](CO[Si](C)(C)C(C)(C)C)OC(=O)c2ccccc2)[C@@H]1O[Si](C)(C)C(C)(C)C. The molecule has 1 aliphatic heterocycles. The number of hydrogen-bond donors (Lipinski definition) is 0. The van der Waals surface area contributed by atoms with E-state index in [0.29, 0.717) is 12.2 Å². The van der Waals surface area contributed by atoms with Gasteiger partial charge >= 0.3 is 12.1 Å². The second-order valence-electron chi connectivity index (χ2n) is 14.6. The van der Waals surface area contributed by atoms with Gasteiger partial charge in [-0.1, -0.05) is 90.1 Å². The molecule has 8 nitrogen and oxygen atoms in total. The quantitative estimate of drug-likeness (QED) is 0.169. The minimum Gasteiger partial charge on any atom is -0.452 e. The largest absolute Gasteiger partial charge is 0.509 e. The van der Waals surface area contributed by atoms with Gasteiger partial charge in [0, 0.05) is 0 Å². The van der Waals surface area contributed by atoms with Gasteiger partial charge in [0.15, 0.2) is 34.9 Å². The minimum absolute atomic E-state index is 0.0380. The van der Waals surface area contributed by atoms with Gasteiger partial charge in [-0.2, -0.15) is 0 Å². The third-order valence-corrected chi connectivity index (χ3v) is 18.2. The van der Waals surface area contributed by atoms with Crippen molar-refractivity contribution >= 4 is 28.8 Å². The molecule has 244 valence electrons. The average molecular weight is 645 g/mol. The fourth-order valence-electron chi connectivity index (χ4n) is 4.25. The van der Waals surface area contributed by atoms with Crippen molar-refractivity contribution in [1.29, 1.82) is 0 Å². The highest BCUT2D eigenvalue weighted by Crippen LogP contribution is 2.41. The standard InChI is InChI=1S/C34H52O8Si2/c1-24(37-22-25-18-14-12-15-19-25)28-30(42-44(10,11)34(5,6)7)29(41-32(36)40-28)27(23-38-43(8,9)33(2,3)4)39-31(35)26-20-16-13-17-21-26/h12-21,24,27-30H,22-23H2,1-11H3/t24-,27+,28-,29-,30-/m1/s1. The van der Waals surface area contributed by atoms with Crippen LogP contribution in [-0.2, 0) is 34.4 Å². The molecule has 1 aliphatic rings. The van der Waals surface area contributed by atoms with Crippen LogP contribution in [0.2, 0.25) is 36.3 Å². The molecule has 1 saturated heterocycles. The molecule has 0 saturated carbocycles. The van der Waals surface area contributed by atoms with Gasteiger partial charge in [-0.3, -0.25) is 0 Å². The van der Waals surface area contributed by atoms with Gasteiger partial charge in [0.2, 0.25) is 0 Å². The van der Waals surface area contributed by atoms with Crippen molar-refractivity contribution in [2.45, 2.75) is 122 Å². The Morgan fingerprint density at radius 2 is 1.34 bits per heavy atom. The van der Waals surface area contributed by atoms with Gasteiger partial charge in [-0.15, -0.1) is 0 Å². The monoisotopic (exact) mass is 644 g/mol. The number of cyclic esters (lactones) is 2. The van der Waals surface area contributed by atoms with Crippen LogP contribution in [0.5, 0.6) is 0 Å². The van der Waals surface area contributed by atoms with E-state index in [1.807, 2.05) is 43.3 Å². The van der Waals surface area contributed by atoms with Crippen LogP contribution in [0.1, 0.15) is 64.4 Å². The molecule has 10 heteroatoms. The topological polar surface area (TPSA) is 89.5 Å². The summed E-state index contributed by atoms with van der Waals surface area (Å²) in [6, 6.07) is 18.6. The van der Waals surface area contributed by atoms with Crippen LogP contribution < -0.4 is 0 Å².